The fourth-order valence-electron chi connectivity index (χ4n) is 4.95. The van der Waals surface area contributed by atoms with E-state index in [1.54, 1.807) is 7.11 Å². The molecule has 0 bridgehead atoms. The van der Waals surface area contributed by atoms with Gasteiger partial charge in [-0.3, -0.25) is 5.73 Å². The number of piperidine rings is 1. The summed E-state index contributed by atoms with van der Waals surface area (Å²) >= 11 is 0.989. The summed E-state index contributed by atoms with van der Waals surface area (Å²) in [7, 11) is 5.83. The molecule has 3 aliphatic rings. The molecular weight excluding hydrogens is 489 g/mol. The van der Waals surface area contributed by atoms with Crippen LogP contribution in [0.1, 0.15) is 49.3 Å². The highest BCUT2D eigenvalue weighted by molar-refractivity contribution is 7.14. The zero-order chi connectivity index (χ0) is 25.9. The summed E-state index contributed by atoms with van der Waals surface area (Å²) in [6.07, 6.45) is -0.643. The first-order chi connectivity index (χ1) is 16.9. The van der Waals surface area contributed by atoms with Crippen molar-refractivity contribution in [1.82, 2.24) is 10.2 Å². The smallest absolute Gasteiger partial charge is 0.418 e. The molecule has 0 spiro atoms. The van der Waals surface area contributed by atoms with Crippen LogP contribution in [0.25, 0.3) is 0 Å². The summed E-state index contributed by atoms with van der Waals surface area (Å²) < 4.78 is 47.1. The fourth-order valence-corrected chi connectivity index (χ4v) is 5.98. The summed E-state index contributed by atoms with van der Waals surface area (Å²) in [5.41, 5.74) is 7.39. The molecule has 1 saturated heterocycles. The number of rotatable bonds is 5. The van der Waals surface area contributed by atoms with E-state index < -0.39 is 17.5 Å². The summed E-state index contributed by atoms with van der Waals surface area (Å²) in [6.45, 7) is 3.80. The van der Waals surface area contributed by atoms with E-state index in [1.165, 1.54) is 0 Å². The van der Waals surface area contributed by atoms with Gasteiger partial charge in [-0.15, -0.1) is 11.3 Å². The van der Waals surface area contributed by atoms with E-state index in [0.717, 1.165) is 61.2 Å². The minimum atomic E-state index is -4.49. The van der Waals surface area contributed by atoms with Crippen LogP contribution in [0.3, 0.4) is 0 Å². The number of amidine groups is 1. The molecule has 2 fully saturated rings. The van der Waals surface area contributed by atoms with Gasteiger partial charge >= 0.3 is 6.18 Å². The van der Waals surface area contributed by atoms with Gasteiger partial charge in [0.1, 0.15) is 16.6 Å². The molecule has 2 aromatic rings. The first-order valence-electron chi connectivity index (χ1n) is 12.2. The van der Waals surface area contributed by atoms with Crippen LogP contribution in [0.4, 0.5) is 23.9 Å². The van der Waals surface area contributed by atoms with Gasteiger partial charge in [0, 0.05) is 35.6 Å². The van der Waals surface area contributed by atoms with Gasteiger partial charge in [0.05, 0.1) is 23.9 Å². The third-order valence-corrected chi connectivity index (χ3v) is 8.40. The number of methoxy groups -OCH3 is 1. The zero-order valence-corrected chi connectivity index (χ0v) is 21.8. The molecule has 1 saturated carbocycles. The van der Waals surface area contributed by atoms with Crippen LogP contribution in [0.5, 0.6) is 5.75 Å². The van der Waals surface area contributed by atoms with Gasteiger partial charge in [-0.05, 0) is 58.8 Å². The Hall–Kier alpha value is -2.50. The molecule has 3 heterocycles. The Balaban J connectivity index is 1.49. The molecule has 5 rings (SSSR count). The topological polar surface area (TPSA) is 78.1 Å². The Morgan fingerprint density at radius 3 is 2.53 bits per heavy atom. The number of anilines is 2. The second kappa shape index (κ2) is 8.81. The van der Waals surface area contributed by atoms with Crippen LogP contribution in [-0.2, 0) is 12.0 Å². The maximum Gasteiger partial charge on any atom is 0.418 e. The first-order valence-corrected chi connectivity index (χ1v) is 13.0. The Labute approximate surface area is 213 Å². The normalized spacial score (nSPS) is 23.7. The van der Waals surface area contributed by atoms with Crippen molar-refractivity contribution in [3.8, 4) is 5.75 Å². The second-order valence-electron chi connectivity index (χ2n) is 10.5. The number of hydrogen-bond acceptors (Lipinski definition) is 8. The molecule has 196 valence electrons. The summed E-state index contributed by atoms with van der Waals surface area (Å²) in [4.78, 5) is 9.21. The van der Waals surface area contributed by atoms with E-state index in [4.69, 9.17) is 10.5 Å². The SMILES string of the molecule is COc1cc(C2(N)N=C(NC3(C)CC3)c3c(C(F)(F)F)csc3N2)ccc1N1CCC(N(C)C)CC1. The second-order valence-corrected chi connectivity index (χ2v) is 11.3. The summed E-state index contributed by atoms with van der Waals surface area (Å²) in [5, 5.41) is 7.80. The molecule has 36 heavy (non-hydrogen) atoms. The lowest BCUT2D eigenvalue weighted by Gasteiger charge is -2.38. The van der Waals surface area contributed by atoms with Crippen LogP contribution >= 0.6 is 11.3 Å². The monoisotopic (exact) mass is 522 g/mol. The van der Waals surface area contributed by atoms with Crippen molar-refractivity contribution in [2.45, 2.75) is 56.2 Å². The van der Waals surface area contributed by atoms with Crippen molar-refractivity contribution in [2.75, 3.05) is 44.5 Å². The lowest BCUT2D eigenvalue weighted by atomic mass is 10.0. The number of fused-ring (bicyclic) bond motifs is 1. The van der Waals surface area contributed by atoms with E-state index in [9.17, 15) is 13.2 Å². The quantitative estimate of drug-likeness (QED) is 0.541. The van der Waals surface area contributed by atoms with Gasteiger partial charge in [0.15, 0.2) is 0 Å². The minimum absolute atomic E-state index is 0.0362. The van der Waals surface area contributed by atoms with E-state index in [0.29, 0.717) is 22.4 Å². The average Bonchev–Trinajstić information content (AvgIpc) is 3.38. The first kappa shape index (κ1) is 25.2. The average molecular weight is 523 g/mol. The van der Waals surface area contributed by atoms with Gasteiger partial charge in [-0.1, -0.05) is 6.07 Å². The molecule has 1 unspecified atom stereocenters. The Bertz CT molecular complexity index is 1170. The lowest BCUT2D eigenvalue weighted by Crippen LogP contribution is -2.49. The highest BCUT2D eigenvalue weighted by Crippen LogP contribution is 2.46. The van der Waals surface area contributed by atoms with Crippen molar-refractivity contribution < 1.29 is 17.9 Å². The molecule has 0 amide bonds. The van der Waals surface area contributed by atoms with E-state index >= 15 is 0 Å². The number of nitrogens with one attached hydrogen (secondary N) is 2. The predicted octanol–water partition coefficient (Wildman–Crippen LogP) is 4.39. The third-order valence-electron chi connectivity index (χ3n) is 7.50. The number of thiophene rings is 1. The number of halogens is 3. The number of benzene rings is 1. The molecule has 1 atom stereocenters. The van der Waals surface area contributed by atoms with Crippen LogP contribution in [-0.4, -0.2) is 56.6 Å². The van der Waals surface area contributed by atoms with E-state index in [1.807, 2.05) is 25.1 Å². The van der Waals surface area contributed by atoms with Crippen molar-refractivity contribution in [3.63, 3.8) is 0 Å². The Kier molecular flexibility index (Phi) is 6.16. The Morgan fingerprint density at radius 2 is 1.94 bits per heavy atom. The van der Waals surface area contributed by atoms with Gasteiger partial charge in [-0.2, -0.15) is 13.2 Å². The van der Waals surface area contributed by atoms with Crippen molar-refractivity contribution >= 4 is 27.9 Å². The number of hydrogen-bond donors (Lipinski definition) is 3. The lowest BCUT2D eigenvalue weighted by molar-refractivity contribution is -0.137. The fraction of sp³-hybridized carbons (Fsp3) is 0.560. The third kappa shape index (κ3) is 4.64. The number of nitrogens with two attached hydrogens (primary N) is 1. The highest BCUT2D eigenvalue weighted by atomic mass is 32.1. The van der Waals surface area contributed by atoms with E-state index in [-0.39, 0.29) is 16.9 Å². The molecule has 2 aliphatic heterocycles. The number of nitrogens with zero attached hydrogens (tertiary/aromatic N) is 3. The number of aliphatic imine (C=N–C) groups is 1. The van der Waals surface area contributed by atoms with Crippen LogP contribution in [0.2, 0.25) is 0 Å². The van der Waals surface area contributed by atoms with Crippen molar-refractivity contribution in [3.05, 3.63) is 40.3 Å². The van der Waals surface area contributed by atoms with Crippen LogP contribution in [0, 0.1) is 0 Å². The van der Waals surface area contributed by atoms with Crippen molar-refractivity contribution in [1.29, 1.82) is 0 Å². The summed E-state index contributed by atoms with van der Waals surface area (Å²) in [5.74, 6) is -0.610. The van der Waals surface area contributed by atoms with Crippen LogP contribution in [0.15, 0.2) is 28.6 Å². The Morgan fingerprint density at radius 1 is 1.25 bits per heavy atom. The van der Waals surface area contributed by atoms with E-state index in [2.05, 4.69) is 39.5 Å². The molecule has 1 aromatic heterocycles. The largest absolute Gasteiger partial charge is 0.495 e. The molecule has 1 aliphatic carbocycles. The van der Waals surface area contributed by atoms with Crippen molar-refractivity contribution in [2.24, 2.45) is 10.7 Å². The van der Waals surface area contributed by atoms with Gasteiger partial charge < -0.3 is 25.2 Å². The predicted molar refractivity (Wildman–Crippen MR) is 138 cm³/mol. The number of alkyl halides is 3. The molecule has 11 heteroatoms. The standard InChI is InChI=1S/C25H33F3N6OS/c1-23(9-10-23)30-21-20-17(24(26,27)28)14-36-22(20)32-25(29,31-21)15-5-6-18(19(13-15)35-4)34-11-7-16(8-12-34)33(2)3/h5-6,13-14,16,32H,7-12,29H2,1-4H3,(H,30,31). The zero-order valence-electron chi connectivity index (χ0n) is 21.0. The maximum atomic E-state index is 13.8. The molecular formula is C25H33F3N6OS. The summed E-state index contributed by atoms with van der Waals surface area (Å²) in [6, 6.07) is 6.24. The number of ether oxygens (including phenoxy) is 1. The molecule has 1 aromatic carbocycles. The minimum Gasteiger partial charge on any atom is -0.495 e. The van der Waals surface area contributed by atoms with Gasteiger partial charge in [0.2, 0.25) is 5.79 Å². The molecule has 4 N–H and O–H groups in total. The highest BCUT2D eigenvalue weighted by Gasteiger charge is 2.46. The van der Waals surface area contributed by atoms with Crippen LogP contribution < -0.4 is 26.0 Å². The molecule has 7 nitrogen and oxygen atoms in total. The van der Waals surface area contributed by atoms with Gasteiger partial charge in [-0.25, -0.2) is 4.99 Å². The van der Waals surface area contributed by atoms with Gasteiger partial charge in [0.25, 0.3) is 0 Å². The molecule has 0 radical (unpaired) electrons. The maximum absolute atomic E-state index is 13.8.